The van der Waals surface area contributed by atoms with Crippen molar-refractivity contribution < 1.29 is 9.84 Å². The van der Waals surface area contributed by atoms with E-state index >= 15 is 0 Å². The lowest BCUT2D eigenvalue weighted by molar-refractivity contribution is 0.147. The Balaban J connectivity index is 0. The molecule has 0 aliphatic carbocycles. The summed E-state index contributed by atoms with van der Waals surface area (Å²) >= 11 is 0. The average Bonchev–Trinajstić information content (AvgIpc) is 2.75. The highest BCUT2D eigenvalue weighted by Crippen LogP contribution is 2.15. The molecule has 184 valence electrons. The number of rotatable bonds is 23. The highest BCUT2D eigenvalue weighted by atomic mass is 16.5. The van der Waals surface area contributed by atoms with Gasteiger partial charge in [0.2, 0.25) is 0 Å². The first kappa shape index (κ1) is 32.1. The first-order chi connectivity index (χ1) is 14.7. The van der Waals surface area contributed by atoms with E-state index in [0.717, 1.165) is 26.1 Å². The third-order valence-corrected chi connectivity index (χ3v) is 5.94. The van der Waals surface area contributed by atoms with E-state index in [0.29, 0.717) is 0 Å². The summed E-state index contributed by atoms with van der Waals surface area (Å²) in [5.41, 5.74) is 0. The smallest absolute Gasteiger partial charge is 0.0540 e. The van der Waals surface area contributed by atoms with E-state index in [1.165, 1.54) is 122 Å². The Morgan fingerprint density at radius 2 is 0.700 bits per heavy atom. The first-order valence-electron chi connectivity index (χ1n) is 14.0. The topological polar surface area (TPSA) is 29.5 Å². The Labute approximate surface area is 192 Å². The molecule has 0 bridgehead atoms. The molecule has 0 aromatic rings. The van der Waals surface area contributed by atoms with Gasteiger partial charge in [0.05, 0.1) is 6.10 Å². The van der Waals surface area contributed by atoms with E-state index in [1.54, 1.807) is 0 Å². The summed E-state index contributed by atoms with van der Waals surface area (Å²) in [6.45, 7) is 10.2. The van der Waals surface area contributed by atoms with E-state index in [4.69, 9.17) is 4.74 Å². The molecule has 1 atom stereocenters. The van der Waals surface area contributed by atoms with Gasteiger partial charge in [-0.1, -0.05) is 136 Å². The third kappa shape index (κ3) is 32.6. The average molecular weight is 429 g/mol. The van der Waals surface area contributed by atoms with Crippen LogP contribution in [-0.4, -0.2) is 24.4 Å². The van der Waals surface area contributed by atoms with Crippen molar-refractivity contribution >= 4 is 0 Å². The van der Waals surface area contributed by atoms with Crippen LogP contribution in [-0.2, 0) is 4.74 Å². The van der Waals surface area contributed by atoms with Crippen molar-refractivity contribution in [1.29, 1.82) is 0 Å². The van der Waals surface area contributed by atoms with Crippen LogP contribution in [0, 0.1) is 0 Å². The molecule has 2 nitrogen and oxygen atoms in total. The molecular formula is C28H60O2. The molecule has 0 amide bonds. The van der Waals surface area contributed by atoms with Crippen LogP contribution in [0.2, 0.25) is 0 Å². The maximum Gasteiger partial charge on any atom is 0.0540 e. The minimum absolute atomic E-state index is 0.0290. The molecule has 0 aromatic carbocycles. The van der Waals surface area contributed by atoms with E-state index in [9.17, 15) is 5.11 Å². The zero-order valence-corrected chi connectivity index (χ0v) is 21.7. The molecule has 0 aromatic heterocycles. The van der Waals surface area contributed by atoms with Gasteiger partial charge in [0.1, 0.15) is 0 Å². The van der Waals surface area contributed by atoms with Crippen molar-refractivity contribution in [3.8, 4) is 0 Å². The van der Waals surface area contributed by atoms with Crippen molar-refractivity contribution in [1.82, 2.24) is 0 Å². The van der Waals surface area contributed by atoms with Gasteiger partial charge in [0.15, 0.2) is 0 Å². The lowest BCUT2D eigenvalue weighted by Crippen LogP contribution is -2.05. The molecular weight excluding hydrogens is 368 g/mol. The SMILES string of the molecule is CCCCCCCCCCCCCC(O)CCCCCCCCCC.CCOCC. The predicted octanol–water partition coefficient (Wildman–Crippen LogP) is 9.62. The summed E-state index contributed by atoms with van der Waals surface area (Å²) in [5.74, 6) is 0. The van der Waals surface area contributed by atoms with Gasteiger partial charge in [-0.2, -0.15) is 0 Å². The van der Waals surface area contributed by atoms with E-state index in [1.807, 2.05) is 13.8 Å². The quantitative estimate of drug-likeness (QED) is 0.164. The Kier molecular flexibility index (Phi) is 33.3. The van der Waals surface area contributed by atoms with Crippen LogP contribution in [0.25, 0.3) is 0 Å². The van der Waals surface area contributed by atoms with E-state index < -0.39 is 0 Å². The normalized spacial score (nSPS) is 11.9. The molecule has 0 aliphatic rings. The molecule has 30 heavy (non-hydrogen) atoms. The van der Waals surface area contributed by atoms with E-state index in [-0.39, 0.29) is 6.10 Å². The van der Waals surface area contributed by atoms with Crippen LogP contribution in [0.15, 0.2) is 0 Å². The lowest BCUT2D eigenvalue weighted by Gasteiger charge is -2.10. The van der Waals surface area contributed by atoms with Crippen LogP contribution in [0.3, 0.4) is 0 Å². The second-order valence-electron chi connectivity index (χ2n) is 9.02. The molecule has 0 heterocycles. The van der Waals surface area contributed by atoms with Crippen molar-refractivity contribution in [2.45, 2.75) is 169 Å². The molecule has 0 radical (unpaired) electrons. The number of aliphatic hydroxyl groups is 1. The number of hydrogen-bond acceptors (Lipinski definition) is 2. The molecule has 1 unspecified atom stereocenters. The highest BCUT2D eigenvalue weighted by molar-refractivity contribution is 4.58. The molecule has 1 N–H and O–H groups in total. The zero-order valence-electron chi connectivity index (χ0n) is 21.7. The maximum atomic E-state index is 10.1. The van der Waals surface area contributed by atoms with E-state index in [2.05, 4.69) is 13.8 Å². The Bertz CT molecular complexity index is 265. The summed E-state index contributed by atoms with van der Waals surface area (Å²) in [5, 5.41) is 10.1. The Morgan fingerprint density at radius 1 is 0.433 bits per heavy atom. The first-order valence-corrected chi connectivity index (χ1v) is 14.0. The minimum Gasteiger partial charge on any atom is -0.393 e. The van der Waals surface area contributed by atoms with Crippen molar-refractivity contribution in [3.05, 3.63) is 0 Å². The second kappa shape index (κ2) is 31.1. The summed E-state index contributed by atoms with van der Waals surface area (Å²) < 4.78 is 4.83. The summed E-state index contributed by atoms with van der Waals surface area (Å²) in [4.78, 5) is 0. The molecule has 0 fully saturated rings. The van der Waals surface area contributed by atoms with Crippen LogP contribution in [0.5, 0.6) is 0 Å². The standard InChI is InChI=1S/C24H50O.C4H10O/c1-3-5-7-9-11-13-14-15-17-19-21-23-24(25)22-20-18-16-12-10-8-6-4-2;1-3-5-4-2/h24-25H,3-23H2,1-2H3;3-4H2,1-2H3. The molecule has 0 aliphatic heterocycles. The van der Waals surface area contributed by atoms with Gasteiger partial charge in [-0.3, -0.25) is 0 Å². The van der Waals surface area contributed by atoms with Gasteiger partial charge >= 0.3 is 0 Å². The van der Waals surface area contributed by atoms with Gasteiger partial charge < -0.3 is 9.84 Å². The van der Waals surface area contributed by atoms with Gasteiger partial charge in [-0.15, -0.1) is 0 Å². The van der Waals surface area contributed by atoms with Crippen LogP contribution in [0.4, 0.5) is 0 Å². The molecule has 0 saturated carbocycles. The molecule has 0 rings (SSSR count). The maximum absolute atomic E-state index is 10.1. The predicted molar refractivity (Wildman–Crippen MR) is 136 cm³/mol. The third-order valence-electron chi connectivity index (χ3n) is 5.94. The molecule has 0 spiro atoms. The lowest BCUT2D eigenvalue weighted by atomic mass is 10.0. The highest BCUT2D eigenvalue weighted by Gasteiger charge is 2.03. The fourth-order valence-electron chi connectivity index (χ4n) is 3.91. The molecule has 0 saturated heterocycles. The number of hydrogen-bond donors (Lipinski definition) is 1. The minimum atomic E-state index is -0.0290. The zero-order chi connectivity index (χ0) is 22.5. The second-order valence-corrected chi connectivity index (χ2v) is 9.02. The summed E-state index contributed by atoms with van der Waals surface area (Å²) in [6, 6.07) is 0. The van der Waals surface area contributed by atoms with Crippen molar-refractivity contribution in [3.63, 3.8) is 0 Å². The number of unbranched alkanes of at least 4 members (excludes halogenated alkanes) is 17. The summed E-state index contributed by atoms with van der Waals surface area (Å²) in [7, 11) is 0. The summed E-state index contributed by atoms with van der Waals surface area (Å²) in [6.07, 6.45) is 28.2. The Morgan fingerprint density at radius 3 is 0.933 bits per heavy atom. The molecule has 2 heteroatoms. The fourth-order valence-corrected chi connectivity index (χ4v) is 3.91. The van der Waals surface area contributed by atoms with Crippen LogP contribution >= 0.6 is 0 Å². The number of ether oxygens (including phenoxy) is 1. The van der Waals surface area contributed by atoms with Gasteiger partial charge in [0.25, 0.3) is 0 Å². The van der Waals surface area contributed by atoms with Crippen LogP contribution in [0.1, 0.15) is 163 Å². The monoisotopic (exact) mass is 428 g/mol. The van der Waals surface area contributed by atoms with Crippen molar-refractivity contribution in [2.75, 3.05) is 13.2 Å². The van der Waals surface area contributed by atoms with Crippen molar-refractivity contribution in [2.24, 2.45) is 0 Å². The van der Waals surface area contributed by atoms with Crippen LogP contribution < -0.4 is 0 Å². The largest absolute Gasteiger partial charge is 0.393 e. The van der Waals surface area contributed by atoms with Gasteiger partial charge in [-0.25, -0.2) is 0 Å². The fraction of sp³-hybridized carbons (Fsp3) is 1.00. The van der Waals surface area contributed by atoms with Gasteiger partial charge in [0, 0.05) is 13.2 Å². The van der Waals surface area contributed by atoms with Gasteiger partial charge in [-0.05, 0) is 26.7 Å². The Hall–Kier alpha value is -0.0800. The number of aliphatic hydroxyl groups excluding tert-OH is 1.